The van der Waals surface area contributed by atoms with Crippen molar-refractivity contribution in [3.63, 3.8) is 0 Å². The molecule has 1 aromatic carbocycles. The van der Waals surface area contributed by atoms with Gasteiger partial charge in [0.25, 0.3) is 0 Å². The lowest BCUT2D eigenvalue weighted by Gasteiger charge is -2.35. The Morgan fingerprint density at radius 1 is 1.19 bits per heavy atom. The normalized spacial score (nSPS) is 19.8. The van der Waals surface area contributed by atoms with E-state index in [-0.39, 0.29) is 0 Å². The van der Waals surface area contributed by atoms with Crippen LogP contribution in [0, 0.1) is 5.92 Å². The molecule has 142 valence electrons. The molecular formula is C24H30N2O. The van der Waals surface area contributed by atoms with E-state index >= 15 is 0 Å². The SMILES string of the molecule is C=C(OC)c1c(C2CCCC2)nc2c(c1-c1ccccc1)CC(C)CN2C. The summed E-state index contributed by atoms with van der Waals surface area (Å²) in [6.45, 7) is 7.65. The number of rotatable bonds is 4. The first-order valence-electron chi connectivity index (χ1n) is 10.2. The molecule has 0 radical (unpaired) electrons. The number of hydrogen-bond acceptors (Lipinski definition) is 3. The Bertz CT molecular complexity index is 837. The molecule has 1 fully saturated rings. The Kier molecular flexibility index (Phi) is 4.94. The summed E-state index contributed by atoms with van der Waals surface area (Å²) in [5.41, 5.74) is 6.20. The van der Waals surface area contributed by atoms with Crippen molar-refractivity contribution in [2.24, 2.45) is 5.92 Å². The van der Waals surface area contributed by atoms with Gasteiger partial charge in [-0.05, 0) is 30.7 Å². The number of ether oxygens (including phenoxy) is 1. The summed E-state index contributed by atoms with van der Waals surface area (Å²) in [7, 11) is 3.91. The fourth-order valence-electron chi connectivity index (χ4n) is 4.91. The van der Waals surface area contributed by atoms with E-state index in [1.807, 2.05) is 0 Å². The van der Waals surface area contributed by atoms with Crippen LogP contribution in [-0.4, -0.2) is 25.7 Å². The highest BCUT2D eigenvalue weighted by atomic mass is 16.5. The van der Waals surface area contributed by atoms with Crippen molar-refractivity contribution in [1.29, 1.82) is 0 Å². The molecule has 2 aliphatic rings. The highest BCUT2D eigenvalue weighted by molar-refractivity contribution is 5.85. The number of aromatic nitrogens is 1. The van der Waals surface area contributed by atoms with Gasteiger partial charge in [0.15, 0.2) is 0 Å². The molecule has 0 bridgehead atoms. The smallest absolute Gasteiger partial charge is 0.132 e. The van der Waals surface area contributed by atoms with Crippen molar-refractivity contribution < 1.29 is 4.74 Å². The van der Waals surface area contributed by atoms with Crippen LogP contribution in [-0.2, 0) is 11.2 Å². The van der Waals surface area contributed by atoms with Crippen LogP contribution in [0.2, 0.25) is 0 Å². The predicted molar refractivity (Wildman–Crippen MR) is 113 cm³/mol. The van der Waals surface area contributed by atoms with Gasteiger partial charge in [0.1, 0.15) is 11.6 Å². The molecule has 0 N–H and O–H groups in total. The van der Waals surface area contributed by atoms with Gasteiger partial charge in [-0.3, -0.25) is 0 Å². The number of hydrogen-bond donors (Lipinski definition) is 0. The summed E-state index contributed by atoms with van der Waals surface area (Å²) in [5.74, 6) is 3.01. The molecule has 1 aliphatic heterocycles. The molecule has 1 aromatic heterocycles. The van der Waals surface area contributed by atoms with E-state index in [9.17, 15) is 0 Å². The largest absolute Gasteiger partial charge is 0.497 e. The van der Waals surface area contributed by atoms with Crippen molar-refractivity contribution in [3.8, 4) is 11.1 Å². The third-order valence-corrected chi connectivity index (χ3v) is 6.13. The van der Waals surface area contributed by atoms with Gasteiger partial charge in [-0.1, -0.05) is 56.7 Å². The first kappa shape index (κ1) is 18.1. The lowest BCUT2D eigenvalue weighted by atomic mass is 9.84. The van der Waals surface area contributed by atoms with Crippen molar-refractivity contribution in [1.82, 2.24) is 4.98 Å². The quantitative estimate of drug-likeness (QED) is 0.657. The van der Waals surface area contributed by atoms with Gasteiger partial charge in [0, 0.05) is 36.2 Å². The number of fused-ring (bicyclic) bond motifs is 1. The van der Waals surface area contributed by atoms with Crippen LogP contribution in [0.15, 0.2) is 36.9 Å². The minimum atomic E-state index is 0.507. The van der Waals surface area contributed by atoms with Gasteiger partial charge in [0.05, 0.1) is 12.8 Å². The Labute approximate surface area is 163 Å². The van der Waals surface area contributed by atoms with Gasteiger partial charge < -0.3 is 9.64 Å². The summed E-state index contributed by atoms with van der Waals surface area (Å²) in [5, 5.41) is 0. The zero-order chi connectivity index (χ0) is 19.0. The van der Waals surface area contributed by atoms with E-state index in [0.29, 0.717) is 11.8 Å². The van der Waals surface area contributed by atoms with Crippen LogP contribution in [0.25, 0.3) is 16.9 Å². The second kappa shape index (κ2) is 7.38. The van der Waals surface area contributed by atoms with E-state index in [0.717, 1.165) is 30.1 Å². The van der Waals surface area contributed by atoms with Crippen LogP contribution in [0.1, 0.15) is 55.3 Å². The summed E-state index contributed by atoms with van der Waals surface area (Å²) >= 11 is 0. The number of pyridine rings is 1. The average molecular weight is 363 g/mol. The Hall–Kier alpha value is -2.29. The summed E-state index contributed by atoms with van der Waals surface area (Å²) in [6.07, 6.45) is 6.05. The maximum atomic E-state index is 5.70. The molecule has 0 spiro atoms. The maximum Gasteiger partial charge on any atom is 0.132 e. The minimum Gasteiger partial charge on any atom is -0.497 e. The van der Waals surface area contributed by atoms with E-state index < -0.39 is 0 Å². The van der Waals surface area contributed by atoms with Crippen molar-refractivity contribution in [3.05, 3.63) is 53.7 Å². The first-order valence-corrected chi connectivity index (χ1v) is 10.2. The molecule has 1 atom stereocenters. The van der Waals surface area contributed by atoms with Gasteiger partial charge in [-0.25, -0.2) is 4.98 Å². The fourth-order valence-corrected chi connectivity index (χ4v) is 4.91. The lowest BCUT2D eigenvalue weighted by Crippen LogP contribution is -2.33. The monoisotopic (exact) mass is 362 g/mol. The first-order chi connectivity index (χ1) is 13.1. The van der Waals surface area contributed by atoms with E-state index in [4.69, 9.17) is 9.72 Å². The molecule has 27 heavy (non-hydrogen) atoms. The number of anilines is 1. The van der Waals surface area contributed by atoms with E-state index in [1.165, 1.54) is 48.1 Å². The molecule has 0 saturated heterocycles. The van der Waals surface area contributed by atoms with Crippen LogP contribution < -0.4 is 4.90 Å². The van der Waals surface area contributed by atoms with Crippen molar-refractivity contribution in [2.45, 2.75) is 44.9 Å². The summed E-state index contributed by atoms with van der Waals surface area (Å²) in [4.78, 5) is 7.59. The molecule has 3 heteroatoms. The standard InChI is InChI=1S/C24H30N2O/c1-16-14-20-22(18-10-6-5-7-11-18)21(17(2)27-4)23(19-12-8-9-13-19)25-24(20)26(3)15-16/h5-7,10-11,16,19H,2,8-9,12-15H2,1,3-4H3. The van der Waals surface area contributed by atoms with Gasteiger partial charge in [-0.15, -0.1) is 0 Å². The second-order valence-electron chi connectivity index (χ2n) is 8.21. The molecule has 4 rings (SSSR count). The van der Waals surface area contributed by atoms with Gasteiger partial charge in [-0.2, -0.15) is 0 Å². The second-order valence-corrected chi connectivity index (χ2v) is 8.21. The minimum absolute atomic E-state index is 0.507. The molecule has 1 aliphatic carbocycles. The molecule has 1 unspecified atom stereocenters. The average Bonchev–Trinajstić information content (AvgIpc) is 3.21. The zero-order valence-corrected chi connectivity index (χ0v) is 16.8. The molecule has 3 nitrogen and oxygen atoms in total. The topological polar surface area (TPSA) is 25.4 Å². The van der Waals surface area contributed by atoms with E-state index in [2.05, 4.69) is 55.8 Å². The van der Waals surface area contributed by atoms with Crippen LogP contribution >= 0.6 is 0 Å². The zero-order valence-electron chi connectivity index (χ0n) is 16.8. The Morgan fingerprint density at radius 3 is 2.56 bits per heavy atom. The number of benzene rings is 1. The number of nitrogens with zero attached hydrogens (tertiary/aromatic N) is 2. The van der Waals surface area contributed by atoms with E-state index in [1.54, 1.807) is 7.11 Å². The fraction of sp³-hybridized carbons (Fsp3) is 0.458. The third kappa shape index (κ3) is 3.24. The molecule has 1 saturated carbocycles. The molecule has 2 heterocycles. The highest BCUT2D eigenvalue weighted by Gasteiger charge is 2.32. The summed E-state index contributed by atoms with van der Waals surface area (Å²) in [6, 6.07) is 10.7. The summed E-state index contributed by atoms with van der Waals surface area (Å²) < 4.78 is 5.70. The Morgan fingerprint density at radius 2 is 1.89 bits per heavy atom. The molecule has 2 aromatic rings. The van der Waals surface area contributed by atoms with Crippen LogP contribution in [0.4, 0.5) is 5.82 Å². The maximum absolute atomic E-state index is 5.70. The molecule has 0 amide bonds. The third-order valence-electron chi connectivity index (χ3n) is 6.13. The van der Waals surface area contributed by atoms with Crippen molar-refractivity contribution >= 4 is 11.6 Å². The lowest BCUT2D eigenvalue weighted by molar-refractivity contribution is 0.370. The van der Waals surface area contributed by atoms with Gasteiger partial charge >= 0.3 is 0 Å². The molecular weight excluding hydrogens is 332 g/mol. The van der Waals surface area contributed by atoms with Crippen LogP contribution in [0.5, 0.6) is 0 Å². The highest BCUT2D eigenvalue weighted by Crippen LogP contribution is 2.45. The predicted octanol–water partition coefficient (Wildman–Crippen LogP) is 5.65. The number of methoxy groups -OCH3 is 1. The Balaban J connectivity index is 2.04. The van der Waals surface area contributed by atoms with Gasteiger partial charge in [0.2, 0.25) is 0 Å². The van der Waals surface area contributed by atoms with Crippen LogP contribution in [0.3, 0.4) is 0 Å². The van der Waals surface area contributed by atoms with Crippen molar-refractivity contribution in [2.75, 3.05) is 25.6 Å².